The van der Waals surface area contributed by atoms with Gasteiger partial charge in [-0.3, -0.25) is 0 Å². The molecule has 2 heteroatoms. The summed E-state index contributed by atoms with van der Waals surface area (Å²) < 4.78 is 0. The van der Waals surface area contributed by atoms with Gasteiger partial charge in [-0.1, -0.05) is 60.7 Å². The summed E-state index contributed by atoms with van der Waals surface area (Å²) in [4.78, 5) is 10.9. The number of hydrogen-bond acceptors (Lipinski definition) is 2. The predicted octanol–water partition coefficient (Wildman–Crippen LogP) is 2.87. The highest BCUT2D eigenvalue weighted by molar-refractivity contribution is 5.98. The summed E-state index contributed by atoms with van der Waals surface area (Å²) in [6.45, 7) is 0. The van der Waals surface area contributed by atoms with Crippen LogP contribution in [0.3, 0.4) is 0 Å². The Morgan fingerprint density at radius 3 is 2.42 bits per heavy atom. The van der Waals surface area contributed by atoms with Gasteiger partial charge in [0, 0.05) is 0 Å². The highest BCUT2D eigenvalue weighted by Gasteiger charge is 2.04. The largest absolute Gasteiger partial charge is 0.545 e. The molecule has 0 aliphatic rings. The molecule has 0 heterocycles. The lowest BCUT2D eigenvalue weighted by Crippen LogP contribution is -2.22. The molecular formula is C17H11O2-. The third kappa shape index (κ3) is 2.08. The SMILES string of the molecule is O=C([O-])c1cccc(-c2cccc3ccccc23)c1. The van der Waals surface area contributed by atoms with Gasteiger partial charge in [-0.2, -0.15) is 0 Å². The fourth-order valence-corrected chi connectivity index (χ4v) is 2.29. The number of carbonyl (C=O) groups is 1. The topological polar surface area (TPSA) is 40.1 Å². The first-order chi connectivity index (χ1) is 9.25. The van der Waals surface area contributed by atoms with E-state index < -0.39 is 5.97 Å². The molecule has 3 aromatic rings. The van der Waals surface area contributed by atoms with E-state index in [1.54, 1.807) is 18.2 Å². The standard InChI is InChI=1S/C17H12O2/c18-17(19)14-8-3-7-13(11-14)16-10-4-6-12-5-1-2-9-15(12)16/h1-11H,(H,18,19)/p-1. The van der Waals surface area contributed by atoms with Crippen molar-refractivity contribution in [2.75, 3.05) is 0 Å². The number of fused-ring (bicyclic) bond motifs is 1. The van der Waals surface area contributed by atoms with E-state index in [1.165, 1.54) is 0 Å². The van der Waals surface area contributed by atoms with E-state index in [0.29, 0.717) is 0 Å². The number of carbonyl (C=O) groups excluding carboxylic acids is 1. The van der Waals surface area contributed by atoms with Gasteiger partial charge >= 0.3 is 0 Å². The fourth-order valence-electron chi connectivity index (χ4n) is 2.29. The lowest BCUT2D eigenvalue weighted by atomic mass is 9.97. The van der Waals surface area contributed by atoms with Crippen LogP contribution in [0.1, 0.15) is 10.4 Å². The van der Waals surface area contributed by atoms with E-state index in [0.717, 1.165) is 21.9 Å². The van der Waals surface area contributed by atoms with Crippen molar-refractivity contribution in [1.29, 1.82) is 0 Å². The normalized spacial score (nSPS) is 10.5. The van der Waals surface area contributed by atoms with E-state index >= 15 is 0 Å². The van der Waals surface area contributed by atoms with Gasteiger partial charge in [-0.25, -0.2) is 0 Å². The molecule has 0 unspecified atom stereocenters. The molecule has 0 bridgehead atoms. The average molecular weight is 247 g/mol. The molecule has 0 N–H and O–H groups in total. The monoisotopic (exact) mass is 247 g/mol. The quantitative estimate of drug-likeness (QED) is 0.698. The average Bonchev–Trinajstić information content (AvgIpc) is 2.47. The molecule has 0 atom stereocenters. The van der Waals surface area contributed by atoms with Crippen LogP contribution in [-0.2, 0) is 0 Å². The van der Waals surface area contributed by atoms with Crippen molar-refractivity contribution in [3.63, 3.8) is 0 Å². The molecule has 3 rings (SSSR count). The van der Waals surface area contributed by atoms with Crippen LogP contribution in [0.2, 0.25) is 0 Å². The van der Waals surface area contributed by atoms with Crippen LogP contribution in [0.25, 0.3) is 21.9 Å². The minimum Gasteiger partial charge on any atom is -0.545 e. The van der Waals surface area contributed by atoms with Crippen molar-refractivity contribution in [3.05, 3.63) is 72.3 Å². The minimum atomic E-state index is -1.15. The number of aromatic carboxylic acids is 1. The van der Waals surface area contributed by atoms with Crippen molar-refractivity contribution in [2.24, 2.45) is 0 Å². The van der Waals surface area contributed by atoms with Gasteiger partial charge in [0.15, 0.2) is 0 Å². The molecular weight excluding hydrogens is 236 g/mol. The van der Waals surface area contributed by atoms with Crippen LogP contribution >= 0.6 is 0 Å². The van der Waals surface area contributed by atoms with E-state index in [-0.39, 0.29) is 5.56 Å². The summed E-state index contributed by atoms with van der Waals surface area (Å²) in [6.07, 6.45) is 0. The molecule has 0 saturated carbocycles. The first-order valence-corrected chi connectivity index (χ1v) is 6.05. The Balaban J connectivity index is 2.24. The van der Waals surface area contributed by atoms with Gasteiger partial charge in [-0.05, 0) is 33.5 Å². The van der Waals surface area contributed by atoms with Gasteiger partial charge in [-0.15, -0.1) is 0 Å². The number of hydrogen-bond donors (Lipinski definition) is 0. The summed E-state index contributed by atoms with van der Waals surface area (Å²) in [5.41, 5.74) is 2.12. The van der Waals surface area contributed by atoms with Crippen molar-refractivity contribution in [2.45, 2.75) is 0 Å². The van der Waals surface area contributed by atoms with Crippen molar-refractivity contribution in [3.8, 4) is 11.1 Å². The van der Waals surface area contributed by atoms with Gasteiger partial charge in [0.2, 0.25) is 0 Å². The van der Waals surface area contributed by atoms with Crippen LogP contribution in [0, 0.1) is 0 Å². The van der Waals surface area contributed by atoms with Crippen LogP contribution in [-0.4, -0.2) is 5.97 Å². The highest BCUT2D eigenvalue weighted by Crippen LogP contribution is 2.28. The second-order valence-corrected chi connectivity index (χ2v) is 4.39. The molecule has 0 amide bonds. The molecule has 0 fully saturated rings. The number of benzene rings is 3. The molecule has 0 saturated heterocycles. The Hall–Kier alpha value is -2.61. The Kier molecular flexibility index (Phi) is 2.76. The zero-order chi connectivity index (χ0) is 13.2. The maximum absolute atomic E-state index is 10.9. The summed E-state index contributed by atoms with van der Waals surface area (Å²) in [6, 6.07) is 20.9. The third-order valence-electron chi connectivity index (χ3n) is 3.20. The Morgan fingerprint density at radius 2 is 1.58 bits per heavy atom. The Labute approximate surface area is 110 Å². The highest BCUT2D eigenvalue weighted by atomic mass is 16.4. The summed E-state index contributed by atoms with van der Waals surface area (Å²) in [7, 11) is 0. The van der Waals surface area contributed by atoms with Crippen LogP contribution in [0.4, 0.5) is 0 Å². The molecule has 0 radical (unpaired) electrons. The van der Waals surface area contributed by atoms with E-state index in [2.05, 4.69) is 0 Å². The van der Waals surface area contributed by atoms with Crippen molar-refractivity contribution < 1.29 is 9.90 Å². The maximum Gasteiger partial charge on any atom is 0.0715 e. The zero-order valence-electron chi connectivity index (χ0n) is 10.2. The van der Waals surface area contributed by atoms with Gasteiger partial charge in [0.25, 0.3) is 0 Å². The number of carboxylic acid groups (broad SMARTS) is 1. The number of rotatable bonds is 2. The lowest BCUT2D eigenvalue weighted by Gasteiger charge is -2.09. The second-order valence-electron chi connectivity index (χ2n) is 4.39. The van der Waals surface area contributed by atoms with E-state index in [1.807, 2.05) is 48.5 Å². The number of carboxylic acids is 1. The Bertz CT molecular complexity index is 755. The molecule has 3 aromatic carbocycles. The van der Waals surface area contributed by atoms with Crippen LogP contribution in [0.15, 0.2) is 66.7 Å². The van der Waals surface area contributed by atoms with E-state index in [4.69, 9.17) is 0 Å². The second kappa shape index (κ2) is 4.58. The summed E-state index contributed by atoms with van der Waals surface area (Å²) in [5, 5.41) is 13.2. The fraction of sp³-hybridized carbons (Fsp3) is 0. The van der Waals surface area contributed by atoms with Gasteiger partial charge in [0.05, 0.1) is 5.97 Å². The molecule has 0 aliphatic heterocycles. The molecule has 2 nitrogen and oxygen atoms in total. The lowest BCUT2D eigenvalue weighted by molar-refractivity contribution is -0.255. The predicted molar refractivity (Wildman–Crippen MR) is 73.7 cm³/mol. The van der Waals surface area contributed by atoms with Gasteiger partial charge < -0.3 is 9.90 Å². The van der Waals surface area contributed by atoms with Crippen molar-refractivity contribution in [1.82, 2.24) is 0 Å². The minimum absolute atomic E-state index is 0.199. The molecule has 0 aliphatic carbocycles. The maximum atomic E-state index is 10.9. The molecule has 92 valence electrons. The van der Waals surface area contributed by atoms with Crippen molar-refractivity contribution >= 4 is 16.7 Å². The smallest absolute Gasteiger partial charge is 0.0715 e. The van der Waals surface area contributed by atoms with Crippen LogP contribution in [0.5, 0.6) is 0 Å². The van der Waals surface area contributed by atoms with E-state index in [9.17, 15) is 9.90 Å². The summed E-state index contributed by atoms with van der Waals surface area (Å²) >= 11 is 0. The third-order valence-corrected chi connectivity index (χ3v) is 3.20. The molecule has 19 heavy (non-hydrogen) atoms. The van der Waals surface area contributed by atoms with Crippen LogP contribution < -0.4 is 5.11 Å². The molecule has 0 spiro atoms. The first kappa shape index (κ1) is 11.5. The molecule has 0 aromatic heterocycles. The zero-order valence-corrected chi connectivity index (χ0v) is 10.2. The Morgan fingerprint density at radius 1 is 0.842 bits per heavy atom. The first-order valence-electron chi connectivity index (χ1n) is 6.05. The van der Waals surface area contributed by atoms with Gasteiger partial charge in [0.1, 0.15) is 0 Å². The summed E-state index contributed by atoms with van der Waals surface area (Å²) in [5.74, 6) is -1.15.